The number of rotatable bonds is 2. The highest BCUT2D eigenvalue weighted by atomic mass is 16.5. The zero-order chi connectivity index (χ0) is 19.5. The second kappa shape index (κ2) is 6.52. The lowest BCUT2D eigenvalue weighted by Gasteiger charge is -2.54. The van der Waals surface area contributed by atoms with Gasteiger partial charge in [-0.3, -0.25) is 0 Å². The summed E-state index contributed by atoms with van der Waals surface area (Å²) in [5, 5.41) is 20.9. The van der Waals surface area contributed by atoms with Crippen LogP contribution in [0.3, 0.4) is 0 Å². The van der Waals surface area contributed by atoms with Crippen molar-refractivity contribution in [2.45, 2.75) is 57.0 Å². The SMILES string of the molecule is COc1ccc(C2CC3(C)C(O)CCC3C3CCc4cc(O)ccc4C23)cc1. The third-order valence-electron chi connectivity index (χ3n) is 8.21. The Hall–Kier alpha value is -2.00. The summed E-state index contributed by atoms with van der Waals surface area (Å²) in [6, 6.07) is 14.5. The van der Waals surface area contributed by atoms with Crippen LogP contribution in [-0.4, -0.2) is 23.4 Å². The fraction of sp³-hybridized carbons (Fsp3) is 0.520. The van der Waals surface area contributed by atoms with Crippen LogP contribution >= 0.6 is 0 Å². The number of benzene rings is 2. The maximum Gasteiger partial charge on any atom is 0.118 e. The first-order valence-electron chi connectivity index (χ1n) is 10.6. The first kappa shape index (κ1) is 18.1. The van der Waals surface area contributed by atoms with Gasteiger partial charge in [-0.1, -0.05) is 25.1 Å². The highest BCUT2D eigenvalue weighted by Gasteiger charge is 2.57. The van der Waals surface area contributed by atoms with Gasteiger partial charge in [0.05, 0.1) is 13.2 Å². The molecule has 148 valence electrons. The van der Waals surface area contributed by atoms with E-state index in [0.29, 0.717) is 29.4 Å². The number of ether oxygens (including phenoxy) is 1. The van der Waals surface area contributed by atoms with Gasteiger partial charge in [-0.25, -0.2) is 0 Å². The Balaban J connectivity index is 1.63. The predicted octanol–water partition coefficient (Wildman–Crippen LogP) is 5.01. The van der Waals surface area contributed by atoms with Crippen molar-refractivity contribution in [3.63, 3.8) is 0 Å². The second-order valence-electron chi connectivity index (χ2n) is 9.40. The number of hydrogen-bond donors (Lipinski definition) is 2. The standard InChI is InChI=1S/C25H30O3/c1-25-14-21(15-3-7-18(28-2)8-4-15)24-19-10-6-17(26)13-16(19)5-9-20(24)22(25)11-12-23(25)27/h3-4,6-8,10,13,20-24,26-27H,5,9,11-12,14H2,1-2H3. The van der Waals surface area contributed by atoms with E-state index in [1.165, 1.54) is 16.7 Å². The summed E-state index contributed by atoms with van der Waals surface area (Å²) in [5.74, 6) is 3.28. The van der Waals surface area contributed by atoms with Crippen LogP contribution in [0.4, 0.5) is 0 Å². The second-order valence-corrected chi connectivity index (χ2v) is 9.40. The summed E-state index contributed by atoms with van der Waals surface area (Å²) < 4.78 is 5.37. The van der Waals surface area contributed by atoms with E-state index in [1.54, 1.807) is 7.11 Å². The molecular weight excluding hydrogens is 348 g/mol. The monoisotopic (exact) mass is 378 g/mol. The lowest BCUT2D eigenvalue weighted by Crippen LogP contribution is -2.47. The van der Waals surface area contributed by atoms with Gasteiger partial charge in [-0.2, -0.15) is 0 Å². The predicted molar refractivity (Wildman–Crippen MR) is 110 cm³/mol. The molecule has 0 bridgehead atoms. The van der Waals surface area contributed by atoms with E-state index in [0.717, 1.165) is 37.9 Å². The maximum absolute atomic E-state index is 10.9. The highest BCUT2D eigenvalue weighted by molar-refractivity contribution is 5.43. The molecule has 3 heteroatoms. The minimum Gasteiger partial charge on any atom is -0.508 e. The molecule has 0 aromatic heterocycles. The molecule has 5 rings (SSSR count). The average molecular weight is 379 g/mol. The van der Waals surface area contributed by atoms with Gasteiger partial charge in [-0.15, -0.1) is 0 Å². The van der Waals surface area contributed by atoms with Crippen molar-refractivity contribution in [3.8, 4) is 11.5 Å². The number of aromatic hydroxyl groups is 1. The summed E-state index contributed by atoms with van der Waals surface area (Å²) in [7, 11) is 1.70. The molecule has 0 radical (unpaired) electrons. The Bertz CT molecular complexity index is 874. The van der Waals surface area contributed by atoms with Crippen LogP contribution in [0.2, 0.25) is 0 Å². The first-order chi connectivity index (χ1) is 13.5. The molecule has 2 fully saturated rings. The maximum atomic E-state index is 10.9. The van der Waals surface area contributed by atoms with Crippen LogP contribution in [0.15, 0.2) is 42.5 Å². The van der Waals surface area contributed by atoms with Gasteiger partial charge in [0.2, 0.25) is 0 Å². The smallest absolute Gasteiger partial charge is 0.118 e. The van der Waals surface area contributed by atoms with Crippen LogP contribution in [0.1, 0.15) is 61.1 Å². The Labute approximate surface area is 167 Å². The van der Waals surface area contributed by atoms with Crippen LogP contribution in [-0.2, 0) is 6.42 Å². The fourth-order valence-corrected chi connectivity index (χ4v) is 6.84. The van der Waals surface area contributed by atoms with Crippen molar-refractivity contribution in [2.75, 3.05) is 7.11 Å². The van der Waals surface area contributed by atoms with Gasteiger partial charge in [0.15, 0.2) is 0 Å². The molecule has 3 aliphatic carbocycles. The molecule has 6 unspecified atom stereocenters. The average Bonchev–Trinajstić information content (AvgIpc) is 3.01. The number of aliphatic hydroxyl groups is 1. The molecule has 0 amide bonds. The Morgan fingerprint density at radius 1 is 1.04 bits per heavy atom. The Kier molecular flexibility index (Phi) is 4.20. The van der Waals surface area contributed by atoms with Crippen molar-refractivity contribution >= 4 is 0 Å². The van der Waals surface area contributed by atoms with Crippen molar-refractivity contribution in [1.29, 1.82) is 0 Å². The molecule has 0 aliphatic heterocycles. The Morgan fingerprint density at radius 3 is 2.57 bits per heavy atom. The van der Waals surface area contributed by atoms with Crippen molar-refractivity contribution in [2.24, 2.45) is 17.3 Å². The number of aryl methyl sites for hydroxylation is 1. The molecule has 28 heavy (non-hydrogen) atoms. The van der Waals surface area contributed by atoms with Crippen LogP contribution in [0.5, 0.6) is 11.5 Å². The topological polar surface area (TPSA) is 49.7 Å². The molecule has 2 N–H and O–H groups in total. The lowest BCUT2D eigenvalue weighted by molar-refractivity contribution is -0.0322. The van der Waals surface area contributed by atoms with Gasteiger partial charge >= 0.3 is 0 Å². The molecule has 0 heterocycles. The van der Waals surface area contributed by atoms with Gasteiger partial charge in [0.25, 0.3) is 0 Å². The van der Waals surface area contributed by atoms with Crippen molar-refractivity contribution in [1.82, 2.24) is 0 Å². The minimum atomic E-state index is -0.194. The van der Waals surface area contributed by atoms with Crippen LogP contribution < -0.4 is 4.74 Å². The van der Waals surface area contributed by atoms with E-state index in [-0.39, 0.29) is 11.5 Å². The number of phenols is 1. The largest absolute Gasteiger partial charge is 0.508 e. The van der Waals surface area contributed by atoms with E-state index >= 15 is 0 Å². The number of phenolic OH excluding ortho intramolecular Hbond substituents is 1. The lowest BCUT2D eigenvalue weighted by atomic mass is 9.51. The summed E-state index contributed by atoms with van der Waals surface area (Å²) >= 11 is 0. The van der Waals surface area contributed by atoms with Crippen molar-refractivity contribution < 1.29 is 14.9 Å². The zero-order valence-corrected chi connectivity index (χ0v) is 16.8. The van der Waals surface area contributed by atoms with E-state index in [1.807, 2.05) is 12.1 Å². The molecule has 2 aromatic rings. The Morgan fingerprint density at radius 2 is 1.82 bits per heavy atom. The molecule has 2 saturated carbocycles. The normalized spacial score (nSPS) is 36.3. The third kappa shape index (κ3) is 2.59. The molecule has 6 atom stereocenters. The summed E-state index contributed by atoms with van der Waals surface area (Å²) in [6.45, 7) is 2.33. The molecule has 0 spiro atoms. The highest BCUT2D eigenvalue weighted by Crippen LogP contribution is 2.65. The number of hydrogen-bond acceptors (Lipinski definition) is 3. The van der Waals surface area contributed by atoms with Gasteiger partial charge in [-0.05, 0) is 102 Å². The van der Waals surface area contributed by atoms with E-state index in [4.69, 9.17) is 4.74 Å². The molecule has 3 nitrogen and oxygen atoms in total. The van der Waals surface area contributed by atoms with Gasteiger partial charge in [0.1, 0.15) is 11.5 Å². The number of aliphatic hydroxyl groups excluding tert-OH is 1. The molecule has 0 saturated heterocycles. The van der Waals surface area contributed by atoms with Crippen LogP contribution in [0.25, 0.3) is 0 Å². The summed E-state index contributed by atoms with van der Waals surface area (Å²) in [4.78, 5) is 0. The number of fused-ring (bicyclic) bond motifs is 5. The minimum absolute atomic E-state index is 0.000182. The number of methoxy groups -OCH3 is 1. The van der Waals surface area contributed by atoms with Gasteiger partial charge in [0, 0.05) is 0 Å². The van der Waals surface area contributed by atoms with E-state index in [2.05, 4.69) is 37.3 Å². The quantitative estimate of drug-likeness (QED) is 0.772. The van der Waals surface area contributed by atoms with E-state index in [9.17, 15) is 10.2 Å². The van der Waals surface area contributed by atoms with Crippen molar-refractivity contribution in [3.05, 3.63) is 59.2 Å². The zero-order valence-electron chi connectivity index (χ0n) is 16.8. The summed E-state index contributed by atoms with van der Waals surface area (Å²) in [6.07, 6.45) is 5.08. The van der Waals surface area contributed by atoms with Crippen LogP contribution in [0, 0.1) is 17.3 Å². The fourth-order valence-electron chi connectivity index (χ4n) is 6.84. The summed E-state index contributed by atoms with van der Waals surface area (Å²) in [5.41, 5.74) is 4.07. The molecular formula is C25H30O3. The molecule has 3 aliphatic rings. The van der Waals surface area contributed by atoms with Gasteiger partial charge < -0.3 is 14.9 Å². The molecule has 2 aromatic carbocycles. The first-order valence-corrected chi connectivity index (χ1v) is 10.6. The third-order valence-corrected chi connectivity index (χ3v) is 8.21. The van der Waals surface area contributed by atoms with E-state index < -0.39 is 0 Å².